The first-order valence-corrected chi connectivity index (χ1v) is 9.59. The topological polar surface area (TPSA) is 54.8 Å². The quantitative estimate of drug-likeness (QED) is 0.863. The van der Waals surface area contributed by atoms with Gasteiger partial charge in [0.2, 0.25) is 0 Å². The molecule has 0 unspecified atom stereocenters. The predicted molar refractivity (Wildman–Crippen MR) is 101 cm³/mol. The monoisotopic (exact) mass is 356 g/mol. The van der Waals surface area contributed by atoms with Crippen LogP contribution < -0.4 is 0 Å². The van der Waals surface area contributed by atoms with Crippen LogP contribution in [0.25, 0.3) is 10.9 Å². The number of pyridine rings is 1. The van der Waals surface area contributed by atoms with Crippen LogP contribution in [0.4, 0.5) is 0 Å². The van der Waals surface area contributed by atoms with Gasteiger partial charge in [-0.3, -0.25) is 9.88 Å². The fourth-order valence-electron chi connectivity index (χ4n) is 4.77. The summed E-state index contributed by atoms with van der Waals surface area (Å²) in [5.74, 6) is 0. The molecule has 2 heterocycles. The standard InChI is InChI=1S/C21H28N2O3/c1-25-21-7-6-18(26-12-11-24)14-20(21)23(10-8-21)15-16-4-5-19-17(13-16)3-2-9-22-19/h2-5,9,13,18,20,24H,6-8,10-12,14-15H2,1H3/t18-,20-,21+/m0/s1. The molecule has 0 amide bonds. The average molecular weight is 356 g/mol. The number of likely N-dealkylation sites (tertiary alicyclic amines) is 1. The van der Waals surface area contributed by atoms with Gasteiger partial charge in [-0.05, 0) is 49.4 Å². The van der Waals surface area contributed by atoms with Crippen molar-refractivity contribution in [3.63, 3.8) is 0 Å². The fraction of sp³-hybridized carbons (Fsp3) is 0.571. The summed E-state index contributed by atoms with van der Waals surface area (Å²) in [7, 11) is 1.85. The molecular formula is C21H28N2O3. The third kappa shape index (κ3) is 3.37. The summed E-state index contributed by atoms with van der Waals surface area (Å²) in [5.41, 5.74) is 2.31. The summed E-state index contributed by atoms with van der Waals surface area (Å²) in [6.07, 6.45) is 6.15. The van der Waals surface area contributed by atoms with Crippen LogP contribution in [0.3, 0.4) is 0 Å². The summed E-state index contributed by atoms with van der Waals surface area (Å²) in [6.45, 7) is 2.49. The minimum atomic E-state index is -0.0442. The van der Waals surface area contributed by atoms with E-state index in [0.29, 0.717) is 12.6 Å². The Morgan fingerprint density at radius 3 is 3.08 bits per heavy atom. The zero-order valence-corrected chi connectivity index (χ0v) is 15.4. The second-order valence-electron chi connectivity index (χ2n) is 7.53. The highest BCUT2D eigenvalue weighted by molar-refractivity contribution is 5.78. The number of fused-ring (bicyclic) bond motifs is 2. The van der Waals surface area contributed by atoms with E-state index in [1.165, 1.54) is 10.9 Å². The maximum absolute atomic E-state index is 9.05. The smallest absolute Gasteiger partial charge is 0.0847 e. The second kappa shape index (κ2) is 7.61. The maximum Gasteiger partial charge on any atom is 0.0847 e. The molecule has 5 nitrogen and oxygen atoms in total. The normalized spacial score (nSPS) is 29.2. The zero-order chi connectivity index (χ0) is 18.0. The number of aliphatic hydroxyl groups excluding tert-OH is 1. The highest BCUT2D eigenvalue weighted by Gasteiger charge is 2.51. The molecule has 1 saturated heterocycles. The largest absolute Gasteiger partial charge is 0.394 e. The molecule has 1 aliphatic heterocycles. The lowest BCUT2D eigenvalue weighted by atomic mass is 9.79. The number of ether oxygens (including phenoxy) is 2. The molecule has 1 aromatic carbocycles. The summed E-state index contributed by atoms with van der Waals surface area (Å²) >= 11 is 0. The van der Waals surface area contributed by atoms with E-state index < -0.39 is 0 Å². The van der Waals surface area contributed by atoms with Gasteiger partial charge in [0, 0.05) is 37.8 Å². The summed E-state index contributed by atoms with van der Waals surface area (Å²) in [5, 5.41) is 10.2. The van der Waals surface area contributed by atoms with Crippen LogP contribution >= 0.6 is 0 Å². The second-order valence-corrected chi connectivity index (χ2v) is 7.53. The van der Waals surface area contributed by atoms with Crippen molar-refractivity contribution in [2.45, 2.75) is 50.0 Å². The molecule has 2 fully saturated rings. The Bertz CT molecular complexity index is 753. The summed E-state index contributed by atoms with van der Waals surface area (Å²) in [6, 6.07) is 11.0. The Morgan fingerprint density at radius 1 is 1.31 bits per heavy atom. The van der Waals surface area contributed by atoms with Crippen molar-refractivity contribution in [2.75, 3.05) is 26.9 Å². The Kier molecular flexibility index (Phi) is 5.23. The van der Waals surface area contributed by atoms with Crippen molar-refractivity contribution in [3.8, 4) is 0 Å². The highest BCUT2D eigenvalue weighted by Crippen LogP contribution is 2.43. The van der Waals surface area contributed by atoms with Crippen LogP contribution in [0.5, 0.6) is 0 Å². The minimum Gasteiger partial charge on any atom is -0.394 e. The van der Waals surface area contributed by atoms with Gasteiger partial charge in [0.15, 0.2) is 0 Å². The Labute approximate surface area is 154 Å². The van der Waals surface area contributed by atoms with E-state index in [9.17, 15) is 0 Å². The van der Waals surface area contributed by atoms with Crippen LogP contribution in [-0.2, 0) is 16.0 Å². The third-order valence-corrected chi connectivity index (χ3v) is 6.15. The molecule has 1 aromatic heterocycles. The number of hydrogen-bond acceptors (Lipinski definition) is 5. The number of methoxy groups -OCH3 is 1. The molecule has 1 N–H and O–H groups in total. The molecule has 2 aliphatic rings. The number of aromatic nitrogens is 1. The molecule has 140 valence electrons. The van der Waals surface area contributed by atoms with Crippen molar-refractivity contribution in [1.82, 2.24) is 9.88 Å². The number of aliphatic hydroxyl groups is 1. The lowest BCUT2D eigenvalue weighted by molar-refractivity contribution is -0.104. The van der Waals surface area contributed by atoms with E-state index in [2.05, 4.69) is 34.1 Å². The number of benzene rings is 1. The SMILES string of the molecule is CO[C@@]12CC[C@H](OCCO)C[C@@H]1N(Cc1ccc3ncccc3c1)CC2. The molecule has 0 bridgehead atoms. The van der Waals surface area contributed by atoms with Crippen molar-refractivity contribution in [3.05, 3.63) is 42.1 Å². The van der Waals surface area contributed by atoms with Gasteiger partial charge in [-0.15, -0.1) is 0 Å². The molecule has 26 heavy (non-hydrogen) atoms. The van der Waals surface area contributed by atoms with Gasteiger partial charge in [0.1, 0.15) is 0 Å². The number of nitrogens with zero attached hydrogens (tertiary/aromatic N) is 2. The van der Waals surface area contributed by atoms with Crippen LogP contribution in [0.2, 0.25) is 0 Å². The fourth-order valence-corrected chi connectivity index (χ4v) is 4.77. The van der Waals surface area contributed by atoms with E-state index in [4.69, 9.17) is 14.6 Å². The highest BCUT2D eigenvalue weighted by atomic mass is 16.5. The van der Waals surface area contributed by atoms with Crippen LogP contribution in [0.1, 0.15) is 31.2 Å². The summed E-state index contributed by atoms with van der Waals surface area (Å²) < 4.78 is 11.9. The van der Waals surface area contributed by atoms with Crippen LogP contribution in [0, 0.1) is 0 Å². The average Bonchev–Trinajstić information content (AvgIpc) is 3.04. The van der Waals surface area contributed by atoms with Gasteiger partial charge in [0.25, 0.3) is 0 Å². The first kappa shape index (κ1) is 17.9. The molecule has 4 rings (SSSR count). The minimum absolute atomic E-state index is 0.0442. The van der Waals surface area contributed by atoms with E-state index in [-0.39, 0.29) is 18.3 Å². The molecular weight excluding hydrogens is 328 g/mol. The predicted octanol–water partition coefficient (Wildman–Crippen LogP) is 2.76. The maximum atomic E-state index is 9.05. The first-order valence-electron chi connectivity index (χ1n) is 9.59. The van der Waals surface area contributed by atoms with Crippen LogP contribution in [0.15, 0.2) is 36.5 Å². The molecule has 5 heteroatoms. The number of hydrogen-bond donors (Lipinski definition) is 1. The van der Waals surface area contributed by atoms with Gasteiger partial charge < -0.3 is 14.6 Å². The number of rotatable bonds is 6. The molecule has 2 aromatic rings. The molecule has 3 atom stereocenters. The molecule has 0 spiro atoms. The molecule has 0 radical (unpaired) electrons. The van der Waals surface area contributed by atoms with Crippen molar-refractivity contribution < 1.29 is 14.6 Å². The van der Waals surface area contributed by atoms with Crippen molar-refractivity contribution in [1.29, 1.82) is 0 Å². The van der Waals surface area contributed by atoms with E-state index in [1.807, 2.05) is 19.4 Å². The Morgan fingerprint density at radius 2 is 2.23 bits per heavy atom. The van der Waals surface area contributed by atoms with Crippen molar-refractivity contribution in [2.24, 2.45) is 0 Å². The van der Waals surface area contributed by atoms with Gasteiger partial charge in [0.05, 0.1) is 30.4 Å². The van der Waals surface area contributed by atoms with Crippen molar-refractivity contribution >= 4 is 10.9 Å². The van der Waals surface area contributed by atoms with Gasteiger partial charge >= 0.3 is 0 Å². The van der Waals surface area contributed by atoms with Gasteiger partial charge in [-0.2, -0.15) is 0 Å². The Balaban J connectivity index is 1.51. The van der Waals surface area contributed by atoms with E-state index >= 15 is 0 Å². The third-order valence-electron chi connectivity index (χ3n) is 6.15. The lowest BCUT2D eigenvalue weighted by Crippen LogP contribution is -2.51. The molecule has 1 saturated carbocycles. The van der Waals surface area contributed by atoms with Gasteiger partial charge in [-0.25, -0.2) is 0 Å². The van der Waals surface area contributed by atoms with E-state index in [0.717, 1.165) is 44.3 Å². The van der Waals surface area contributed by atoms with Crippen LogP contribution in [-0.4, -0.2) is 59.6 Å². The summed E-state index contributed by atoms with van der Waals surface area (Å²) in [4.78, 5) is 6.96. The zero-order valence-electron chi connectivity index (χ0n) is 15.4. The molecule has 1 aliphatic carbocycles. The van der Waals surface area contributed by atoms with E-state index in [1.54, 1.807) is 0 Å². The first-order chi connectivity index (χ1) is 12.7. The van der Waals surface area contributed by atoms with Gasteiger partial charge in [-0.1, -0.05) is 12.1 Å². The Hall–Kier alpha value is -1.53. The lowest BCUT2D eigenvalue weighted by Gasteiger charge is -2.43.